The van der Waals surface area contributed by atoms with Crippen LogP contribution in [-0.4, -0.2) is 40.6 Å². The quantitative estimate of drug-likeness (QED) is 0.544. The number of hydrogen-bond donors (Lipinski definition) is 2. The second-order valence-electron chi connectivity index (χ2n) is 9.69. The van der Waals surface area contributed by atoms with Gasteiger partial charge in [-0.15, -0.1) is 0 Å². The normalized spacial score (nSPS) is 19.6. The van der Waals surface area contributed by atoms with Gasteiger partial charge in [-0.25, -0.2) is 4.79 Å². The molecule has 2 aromatic rings. The van der Waals surface area contributed by atoms with Crippen molar-refractivity contribution in [2.24, 2.45) is 10.6 Å². The van der Waals surface area contributed by atoms with E-state index < -0.39 is 23.1 Å². The lowest BCUT2D eigenvalue weighted by Crippen LogP contribution is -2.34. The highest BCUT2D eigenvalue weighted by atomic mass is 16.6. The number of carbonyl (C=O) groups is 2. The van der Waals surface area contributed by atoms with Gasteiger partial charge < -0.3 is 20.0 Å². The van der Waals surface area contributed by atoms with Crippen molar-refractivity contribution in [2.45, 2.75) is 65.0 Å². The zero-order valence-electron chi connectivity index (χ0n) is 20.4. The summed E-state index contributed by atoms with van der Waals surface area (Å²) in [6.45, 7) is 7.29. The van der Waals surface area contributed by atoms with Crippen LogP contribution >= 0.6 is 0 Å². The third kappa shape index (κ3) is 6.34. The molecule has 2 N–H and O–H groups in total. The van der Waals surface area contributed by atoms with E-state index in [1.54, 1.807) is 6.08 Å². The highest BCUT2D eigenvalue weighted by Gasteiger charge is 2.39. The number of fused-ring (bicyclic) bond motifs is 1. The number of carbonyl (C=O) groups excluding carboxylic acids is 1. The number of rotatable bonds is 6. The number of alkyl carbamates (subject to hydrolysis) is 1. The Bertz CT molecular complexity index is 1110. The third-order valence-electron chi connectivity index (χ3n) is 5.88. The maximum absolute atomic E-state index is 12.1. The summed E-state index contributed by atoms with van der Waals surface area (Å²) < 4.78 is 5.33. The summed E-state index contributed by atoms with van der Waals surface area (Å²) in [6, 6.07) is 9.31. The topological polar surface area (TPSA) is 110 Å². The van der Waals surface area contributed by atoms with Crippen molar-refractivity contribution in [1.82, 2.24) is 10.3 Å². The Hall–Kier alpha value is -3.42. The molecule has 3 rings (SSSR count). The van der Waals surface area contributed by atoms with E-state index in [-0.39, 0.29) is 6.04 Å². The van der Waals surface area contributed by atoms with E-state index in [1.807, 2.05) is 64.1 Å². The molecule has 0 unspecified atom stereocenters. The monoisotopic (exact) mass is 467 g/mol. The van der Waals surface area contributed by atoms with Crippen LogP contribution in [0.1, 0.15) is 70.7 Å². The summed E-state index contributed by atoms with van der Waals surface area (Å²) in [6.07, 6.45) is 5.28. The van der Waals surface area contributed by atoms with Gasteiger partial charge in [-0.2, -0.15) is 0 Å². The Morgan fingerprint density at radius 1 is 1.21 bits per heavy atom. The van der Waals surface area contributed by atoms with Crippen LogP contribution in [-0.2, 0) is 14.4 Å². The first kappa shape index (κ1) is 25.2. The minimum absolute atomic E-state index is 0.334. The second-order valence-corrected chi connectivity index (χ2v) is 9.69. The second kappa shape index (κ2) is 10.2. The van der Waals surface area contributed by atoms with Gasteiger partial charge in [0.1, 0.15) is 12.7 Å². The van der Waals surface area contributed by atoms with Gasteiger partial charge in [0, 0.05) is 5.39 Å². The zero-order valence-corrected chi connectivity index (χ0v) is 20.4. The summed E-state index contributed by atoms with van der Waals surface area (Å²) in [5, 5.41) is 17.7. The molecule has 1 fully saturated rings. The van der Waals surface area contributed by atoms with Crippen molar-refractivity contribution >= 4 is 34.8 Å². The van der Waals surface area contributed by atoms with Crippen LogP contribution in [0.3, 0.4) is 0 Å². The van der Waals surface area contributed by atoms with Gasteiger partial charge in [0.2, 0.25) is 0 Å². The van der Waals surface area contributed by atoms with E-state index in [0.29, 0.717) is 31.4 Å². The van der Waals surface area contributed by atoms with Crippen molar-refractivity contribution in [1.29, 1.82) is 0 Å². The van der Waals surface area contributed by atoms with Gasteiger partial charge in [-0.3, -0.25) is 9.78 Å². The summed E-state index contributed by atoms with van der Waals surface area (Å²) in [4.78, 5) is 33.7. The van der Waals surface area contributed by atoms with Gasteiger partial charge in [0.05, 0.1) is 28.4 Å². The first-order valence-corrected chi connectivity index (χ1v) is 11.4. The molecule has 0 aliphatic heterocycles. The Morgan fingerprint density at radius 3 is 2.50 bits per heavy atom. The standard InChI is InChI=1S/C26H33N3O5/c1-17(27-24(32)34-25(2,3)4)21-9-8-19-7-6-18(16-22(19)28-21)10-13-26(23(30)31)14-11-20(12-15-26)29-33-5/h6-10,13,16-17H,11-12,14-15H2,1-5H3,(H,27,32)(H,30,31)/b13-10+,29-20?/t17-,26?/m1/s1. The fourth-order valence-corrected chi connectivity index (χ4v) is 3.97. The van der Waals surface area contributed by atoms with Crippen LogP contribution in [0.5, 0.6) is 0 Å². The van der Waals surface area contributed by atoms with Crippen molar-refractivity contribution in [3.05, 3.63) is 47.7 Å². The van der Waals surface area contributed by atoms with Crippen molar-refractivity contribution in [2.75, 3.05) is 7.11 Å². The number of nitrogens with one attached hydrogen (secondary N) is 1. The first-order valence-electron chi connectivity index (χ1n) is 11.4. The molecule has 0 bridgehead atoms. The summed E-state index contributed by atoms with van der Waals surface area (Å²) in [5.41, 5.74) is 1.72. The molecule has 0 spiro atoms. The molecule has 1 aliphatic carbocycles. The van der Waals surface area contributed by atoms with E-state index in [1.165, 1.54) is 7.11 Å². The maximum atomic E-state index is 12.1. The average molecular weight is 468 g/mol. The molecule has 0 radical (unpaired) electrons. The number of amides is 1. The number of hydrogen-bond acceptors (Lipinski definition) is 6. The van der Waals surface area contributed by atoms with Crippen LogP contribution in [0, 0.1) is 5.41 Å². The number of nitrogens with zero attached hydrogens (tertiary/aromatic N) is 2. The molecular formula is C26H33N3O5. The Morgan fingerprint density at radius 2 is 1.88 bits per heavy atom. The smallest absolute Gasteiger partial charge is 0.408 e. The molecule has 1 amide bonds. The number of carboxylic acid groups (broad SMARTS) is 1. The number of aliphatic carboxylic acids is 1. The highest BCUT2D eigenvalue weighted by molar-refractivity contribution is 5.89. The highest BCUT2D eigenvalue weighted by Crippen LogP contribution is 2.38. The molecule has 34 heavy (non-hydrogen) atoms. The molecule has 182 valence electrons. The molecule has 1 aromatic carbocycles. The van der Waals surface area contributed by atoms with Crippen molar-refractivity contribution in [3.8, 4) is 0 Å². The first-order chi connectivity index (χ1) is 16.0. The lowest BCUT2D eigenvalue weighted by Gasteiger charge is -2.30. The fraction of sp³-hybridized carbons (Fsp3) is 0.462. The Kier molecular flexibility index (Phi) is 7.59. The van der Waals surface area contributed by atoms with Gasteiger partial charge in [0.25, 0.3) is 0 Å². The predicted molar refractivity (Wildman–Crippen MR) is 132 cm³/mol. The van der Waals surface area contributed by atoms with Gasteiger partial charge in [-0.1, -0.05) is 35.5 Å². The minimum Gasteiger partial charge on any atom is -0.481 e. The lowest BCUT2D eigenvalue weighted by atomic mass is 9.73. The Balaban J connectivity index is 1.79. The number of pyridine rings is 1. The van der Waals surface area contributed by atoms with Crippen molar-refractivity contribution < 1.29 is 24.3 Å². The van der Waals surface area contributed by atoms with Crippen LogP contribution in [0.4, 0.5) is 4.79 Å². The fourth-order valence-electron chi connectivity index (χ4n) is 3.97. The number of carboxylic acids is 1. The number of oxime groups is 1. The summed E-state index contributed by atoms with van der Waals surface area (Å²) in [5.74, 6) is -0.830. The van der Waals surface area contributed by atoms with Crippen LogP contribution < -0.4 is 5.32 Å². The van der Waals surface area contributed by atoms with Crippen LogP contribution in [0.15, 0.2) is 41.6 Å². The maximum Gasteiger partial charge on any atom is 0.408 e. The number of benzene rings is 1. The van der Waals surface area contributed by atoms with E-state index in [2.05, 4.69) is 10.5 Å². The van der Waals surface area contributed by atoms with Crippen molar-refractivity contribution in [3.63, 3.8) is 0 Å². The zero-order chi connectivity index (χ0) is 24.9. The SMILES string of the molecule is CON=C1CCC(/C=C/c2ccc3ccc([C@@H](C)NC(=O)OC(C)(C)C)nc3c2)(C(=O)O)CC1. The average Bonchev–Trinajstić information content (AvgIpc) is 2.77. The molecule has 8 heteroatoms. The molecule has 1 heterocycles. The molecule has 1 atom stereocenters. The Labute approximate surface area is 200 Å². The third-order valence-corrected chi connectivity index (χ3v) is 5.88. The largest absolute Gasteiger partial charge is 0.481 e. The van der Waals surface area contributed by atoms with Gasteiger partial charge in [0.15, 0.2) is 0 Å². The van der Waals surface area contributed by atoms with Crippen LogP contribution in [0.2, 0.25) is 0 Å². The van der Waals surface area contributed by atoms with Gasteiger partial charge in [-0.05, 0) is 71.1 Å². The summed E-state index contributed by atoms with van der Waals surface area (Å²) in [7, 11) is 1.50. The molecular weight excluding hydrogens is 434 g/mol. The van der Waals surface area contributed by atoms with Gasteiger partial charge >= 0.3 is 12.1 Å². The van der Waals surface area contributed by atoms with E-state index in [0.717, 1.165) is 22.2 Å². The predicted octanol–water partition coefficient (Wildman–Crippen LogP) is 5.48. The molecule has 1 aliphatic rings. The lowest BCUT2D eigenvalue weighted by molar-refractivity contribution is -0.146. The molecule has 0 saturated heterocycles. The minimum atomic E-state index is -0.928. The number of aromatic nitrogens is 1. The van der Waals surface area contributed by atoms with Crippen LogP contribution in [0.25, 0.3) is 17.0 Å². The number of ether oxygens (including phenoxy) is 1. The summed E-state index contributed by atoms with van der Waals surface area (Å²) >= 11 is 0. The molecule has 8 nitrogen and oxygen atoms in total. The molecule has 1 aromatic heterocycles. The van der Waals surface area contributed by atoms with E-state index in [9.17, 15) is 14.7 Å². The van der Waals surface area contributed by atoms with E-state index in [4.69, 9.17) is 14.6 Å². The molecule has 1 saturated carbocycles. The van der Waals surface area contributed by atoms with E-state index >= 15 is 0 Å².